The Morgan fingerprint density at radius 1 is 1.47 bits per heavy atom. The van der Waals surface area contributed by atoms with Gasteiger partial charge in [-0.1, -0.05) is 17.7 Å². The van der Waals surface area contributed by atoms with Crippen LogP contribution in [0.5, 0.6) is 5.75 Å². The second-order valence-electron chi connectivity index (χ2n) is 3.78. The fourth-order valence-electron chi connectivity index (χ4n) is 1.77. The van der Waals surface area contributed by atoms with Crippen LogP contribution in [0.15, 0.2) is 12.1 Å². The predicted molar refractivity (Wildman–Crippen MR) is 57.5 cm³/mol. The van der Waals surface area contributed by atoms with Crippen LogP contribution in [0, 0.1) is 6.92 Å². The van der Waals surface area contributed by atoms with E-state index in [0.717, 1.165) is 11.1 Å². The van der Waals surface area contributed by atoms with Crippen molar-refractivity contribution in [2.75, 3.05) is 20.3 Å². The molecule has 82 valence electrons. The molecule has 0 saturated carbocycles. The van der Waals surface area contributed by atoms with E-state index >= 15 is 0 Å². The number of rotatable bonds is 2. The minimum Gasteiger partial charge on any atom is -0.495 e. The van der Waals surface area contributed by atoms with Gasteiger partial charge in [0.1, 0.15) is 11.4 Å². The Labute approximate surface area is 93.6 Å². The molecule has 0 amide bonds. The van der Waals surface area contributed by atoms with Crippen molar-refractivity contribution in [3.05, 3.63) is 28.3 Å². The molecular weight excluding hydrogens is 216 g/mol. The van der Waals surface area contributed by atoms with Crippen LogP contribution in [0.25, 0.3) is 0 Å². The summed E-state index contributed by atoms with van der Waals surface area (Å²) in [6.45, 7) is 2.53. The topological polar surface area (TPSA) is 38.7 Å². The number of aliphatic hydroxyl groups is 1. The Bertz CT molecular complexity index is 386. The van der Waals surface area contributed by atoms with Gasteiger partial charge in [0, 0.05) is 0 Å². The molecule has 3 nitrogen and oxygen atoms in total. The summed E-state index contributed by atoms with van der Waals surface area (Å²) in [4.78, 5) is 0. The predicted octanol–water partition coefficient (Wildman–Crippen LogP) is 1.87. The Kier molecular flexibility index (Phi) is 2.63. The van der Waals surface area contributed by atoms with Crippen molar-refractivity contribution in [1.82, 2.24) is 0 Å². The molecule has 1 saturated heterocycles. The Hall–Kier alpha value is -0.770. The first-order valence-electron chi connectivity index (χ1n) is 4.72. The van der Waals surface area contributed by atoms with Crippen molar-refractivity contribution in [1.29, 1.82) is 0 Å². The zero-order valence-electron chi connectivity index (χ0n) is 8.71. The summed E-state index contributed by atoms with van der Waals surface area (Å²) in [7, 11) is 1.57. The molecule has 0 bridgehead atoms. The van der Waals surface area contributed by atoms with Crippen LogP contribution in [-0.2, 0) is 10.3 Å². The van der Waals surface area contributed by atoms with Crippen LogP contribution < -0.4 is 4.74 Å². The first kappa shape index (κ1) is 10.7. The van der Waals surface area contributed by atoms with E-state index in [4.69, 9.17) is 21.1 Å². The maximum Gasteiger partial charge on any atom is 0.137 e. The van der Waals surface area contributed by atoms with E-state index in [0.29, 0.717) is 24.0 Å². The van der Waals surface area contributed by atoms with Crippen molar-refractivity contribution in [2.45, 2.75) is 12.5 Å². The second-order valence-corrected chi connectivity index (χ2v) is 4.16. The van der Waals surface area contributed by atoms with Gasteiger partial charge in [0.05, 0.1) is 25.3 Å². The van der Waals surface area contributed by atoms with Crippen LogP contribution in [0.2, 0.25) is 5.02 Å². The molecule has 0 aromatic heterocycles. The van der Waals surface area contributed by atoms with Crippen LogP contribution in [0.3, 0.4) is 0 Å². The number of halogens is 1. The smallest absolute Gasteiger partial charge is 0.137 e. The Morgan fingerprint density at radius 2 is 2.13 bits per heavy atom. The van der Waals surface area contributed by atoms with Gasteiger partial charge < -0.3 is 14.6 Å². The highest BCUT2D eigenvalue weighted by molar-refractivity contribution is 6.32. The van der Waals surface area contributed by atoms with Crippen molar-refractivity contribution in [2.24, 2.45) is 0 Å². The van der Waals surface area contributed by atoms with Crippen LogP contribution >= 0.6 is 11.6 Å². The number of methoxy groups -OCH3 is 1. The lowest BCUT2D eigenvalue weighted by molar-refractivity contribution is -0.184. The highest BCUT2D eigenvalue weighted by Crippen LogP contribution is 2.38. The molecule has 0 atom stereocenters. The summed E-state index contributed by atoms with van der Waals surface area (Å²) in [6, 6.07) is 3.60. The van der Waals surface area contributed by atoms with Gasteiger partial charge in [-0.25, -0.2) is 0 Å². The molecule has 1 aromatic rings. The molecule has 1 aliphatic rings. The molecule has 2 rings (SSSR count). The standard InChI is InChI=1S/C11H13ClO3/c1-7-8(11(13)5-15-6-11)3-4-9(14-2)10(7)12/h3-4,13H,5-6H2,1-2H3. The van der Waals surface area contributed by atoms with E-state index in [-0.39, 0.29) is 0 Å². The molecule has 4 heteroatoms. The third-order valence-corrected chi connectivity index (χ3v) is 3.22. The summed E-state index contributed by atoms with van der Waals surface area (Å²) in [6.07, 6.45) is 0. The van der Waals surface area contributed by atoms with E-state index < -0.39 is 5.60 Å². The normalized spacial score (nSPS) is 18.4. The first-order valence-corrected chi connectivity index (χ1v) is 5.10. The fourth-order valence-corrected chi connectivity index (χ4v) is 2.01. The minimum atomic E-state index is -0.875. The van der Waals surface area contributed by atoms with Gasteiger partial charge in [-0.05, 0) is 24.1 Å². The number of hydrogen-bond acceptors (Lipinski definition) is 3. The van der Waals surface area contributed by atoms with E-state index in [9.17, 15) is 5.11 Å². The Morgan fingerprint density at radius 3 is 2.60 bits per heavy atom. The van der Waals surface area contributed by atoms with Crippen molar-refractivity contribution < 1.29 is 14.6 Å². The SMILES string of the molecule is COc1ccc(C2(O)COC2)c(C)c1Cl. The van der Waals surface area contributed by atoms with E-state index in [1.165, 1.54) is 0 Å². The van der Waals surface area contributed by atoms with Crippen LogP contribution in [0.4, 0.5) is 0 Å². The van der Waals surface area contributed by atoms with E-state index in [1.54, 1.807) is 13.2 Å². The quantitative estimate of drug-likeness (QED) is 0.840. The van der Waals surface area contributed by atoms with Crippen LogP contribution in [0.1, 0.15) is 11.1 Å². The molecule has 1 heterocycles. The summed E-state index contributed by atoms with van der Waals surface area (Å²) in [5, 5.41) is 10.7. The van der Waals surface area contributed by atoms with Gasteiger partial charge in [0.15, 0.2) is 0 Å². The van der Waals surface area contributed by atoms with Crippen molar-refractivity contribution in [3.8, 4) is 5.75 Å². The van der Waals surface area contributed by atoms with Crippen molar-refractivity contribution >= 4 is 11.6 Å². The Balaban J connectivity index is 2.46. The highest BCUT2D eigenvalue weighted by atomic mass is 35.5. The lowest BCUT2D eigenvalue weighted by Gasteiger charge is -2.38. The summed E-state index contributed by atoms with van der Waals surface area (Å²) in [5.41, 5.74) is 0.793. The second kappa shape index (κ2) is 3.67. The molecule has 15 heavy (non-hydrogen) atoms. The highest BCUT2D eigenvalue weighted by Gasteiger charge is 2.39. The maximum atomic E-state index is 10.1. The summed E-state index contributed by atoms with van der Waals surface area (Å²) >= 11 is 6.11. The van der Waals surface area contributed by atoms with Gasteiger partial charge in [-0.3, -0.25) is 0 Å². The first-order chi connectivity index (χ1) is 7.08. The van der Waals surface area contributed by atoms with Gasteiger partial charge in [0.25, 0.3) is 0 Å². The lowest BCUT2D eigenvalue weighted by Crippen LogP contribution is -2.47. The molecule has 1 aromatic carbocycles. The molecule has 0 aliphatic carbocycles. The van der Waals surface area contributed by atoms with Crippen molar-refractivity contribution in [3.63, 3.8) is 0 Å². The largest absolute Gasteiger partial charge is 0.495 e. The summed E-state index contributed by atoms with van der Waals surface area (Å²) in [5.74, 6) is 0.627. The zero-order valence-corrected chi connectivity index (χ0v) is 9.47. The van der Waals surface area contributed by atoms with E-state index in [1.807, 2.05) is 13.0 Å². The number of ether oxygens (including phenoxy) is 2. The zero-order chi connectivity index (χ0) is 11.1. The van der Waals surface area contributed by atoms with E-state index in [2.05, 4.69) is 0 Å². The average molecular weight is 229 g/mol. The van der Waals surface area contributed by atoms with Gasteiger partial charge in [-0.2, -0.15) is 0 Å². The molecule has 1 N–H and O–H groups in total. The summed E-state index contributed by atoms with van der Waals surface area (Å²) < 4.78 is 10.1. The monoisotopic (exact) mass is 228 g/mol. The average Bonchev–Trinajstić information content (AvgIpc) is 2.19. The van der Waals surface area contributed by atoms with Gasteiger partial charge >= 0.3 is 0 Å². The third-order valence-electron chi connectivity index (χ3n) is 2.75. The fraction of sp³-hybridized carbons (Fsp3) is 0.455. The maximum absolute atomic E-state index is 10.1. The molecule has 0 spiro atoms. The molecule has 0 unspecified atom stereocenters. The lowest BCUT2D eigenvalue weighted by atomic mass is 9.88. The third kappa shape index (κ3) is 1.61. The number of hydrogen-bond donors (Lipinski definition) is 1. The van der Waals surface area contributed by atoms with Gasteiger partial charge in [0.2, 0.25) is 0 Å². The molecule has 1 aliphatic heterocycles. The van der Waals surface area contributed by atoms with Gasteiger partial charge in [-0.15, -0.1) is 0 Å². The number of benzene rings is 1. The molecule has 0 radical (unpaired) electrons. The van der Waals surface area contributed by atoms with Crippen LogP contribution in [-0.4, -0.2) is 25.4 Å². The minimum absolute atomic E-state index is 0.330. The molecule has 1 fully saturated rings. The molecular formula is C11H13ClO3.